The molecule has 1 N–H and O–H groups in total. The standard InChI is InChI=1S/C12H15NO4S/c14-12(15)10-6-3-7-13-11(10)8-18(16,17)9-4-1-2-5-9/h3,6-7,9H,1-2,4-5,8H2,(H,14,15). The molecule has 5 nitrogen and oxygen atoms in total. The minimum atomic E-state index is -3.29. The third-order valence-corrected chi connectivity index (χ3v) is 5.43. The van der Waals surface area contributed by atoms with Crippen molar-refractivity contribution in [1.29, 1.82) is 0 Å². The van der Waals surface area contributed by atoms with Crippen LogP contribution in [0.3, 0.4) is 0 Å². The molecular formula is C12H15NO4S. The number of aromatic nitrogens is 1. The van der Waals surface area contributed by atoms with Gasteiger partial charge in [0.05, 0.1) is 22.3 Å². The number of aromatic carboxylic acids is 1. The van der Waals surface area contributed by atoms with E-state index in [9.17, 15) is 13.2 Å². The third kappa shape index (κ3) is 2.69. The monoisotopic (exact) mass is 269 g/mol. The van der Waals surface area contributed by atoms with E-state index in [1.165, 1.54) is 18.3 Å². The minimum Gasteiger partial charge on any atom is -0.478 e. The first-order valence-corrected chi connectivity index (χ1v) is 7.61. The maximum Gasteiger partial charge on any atom is 0.337 e. The lowest BCUT2D eigenvalue weighted by Gasteiger charge is -2.11. The minimum absolute atomic E-state index is 0.0286. The molecule has 1 aromatic rings. The molecule has 0 radical (unpaired) electrons. The number of pyridine rings is 1. The first kappa shape index (κ1) is 13.0. The molecular weight excluding hydrogens is 254 g/mol. The van der Waals surface area contributed by atoms with Crippen LogP contribution in [0.5, 0.6) is 0 Å². The molecule has 1 fully saturated rings. The van der Waals surface area contributed by atoms with Crippen molar-refractivity contribution in [2.75, 3.05) is 0 Å². The zero-order valence-electron chi connectivity index (χ0n) is 9.87. The van der Waals surface area contributed by atoms with Gasteiger partial charge in [0.2, 0.25) is 0 Å². The van der Waals surface area contributed by atoms with Gasteiger partial charge in [0, 0.05) is 6.20 Å². The Morgan fingerprint density at radius 3 is 2.67 bits per heavy atom. The molecule has 18 heavy (non-hydrogen) atoms. The molecule has 0 saturated heterocycles. The molecule has 6 heteroatoms. The van der Waals surface area contributed by atoms with Gasteiger partial charge in [0.15, 0.2) is 9.84 Å². The van der Waals surface area contributed by atoms with Gasteiger partial charge in [-0.3, -0.25) is 4.98 Å². The molecule has 0 amide bonds. The van der Waals surface area contributed by atoms with Crippen LogP contribution >= 0.6 is 0 Å². The van der Waals surface area contributed by atoms with E-state index < -0.39 is 15.8 Å². The van der Waals surface area contributed by atoms with E-state index in [0.29, 0.717) is 12.8 Å². The zero-order valence-corrected chi connectivity index (χ0v) is 10.7. The summed E-state index contributed by atoms with van der Waals surface area (Å²) >= 11 is 0. The van der Waals surface area contributed by atoms with Gasteiger partial charge < -0.3 is 5.11 Å². The van der Waals surface area contributed by atoms with Gasteiger partial charge in [-0.25, -0.2) is 13.2 Å². The molecule has 1 aliphatic carbocycles. The molecule has 0 aliphatic heterocycles. The smallest absolute Gasteiger partial charge is 0.337 e. The summed E-state index contributed by atoms with van der Waals surface area (Å²) in [7, 11) is -3.29. The van der Waals surface area contributed by atoms with Crippen LogP contribution in [0.25, 0.3) is 0 Å². The van der Waals surface area contributed by atoms with Crippen LogP contribution in [0, 0.1) is 0 Å². The molecule has 1 aromatic heterocycles. The van der Waals surface area contributed by atoms with Crippen LogP contribution in [0.1, 0.15) is 41.7 Å². The van der Waals surface area contributed by atoms with E-state index in [4.69, 9.17) is 5.11 Å². The molecule has 0 atom stereocenters. The first-order valence-electron chi connectivity index (χ1n) is 5.89. The van der Waals surface area contributed by atoms with Crippen LogP contribution in [0.2, 0.25) is 0 Å². The number of hydrogen-bond acceptors (Lipinski definition) is 4. The Kier molecular flexibility index (Phi) is 3.65. The number of carboxylic acid groups (broad SMARTS) is 1. The van der Waals surface area contributed by atoms with E-state index in [1.54, 1.807) is 0 Å². The predicted molar refractivity (Wildman–Crippen MR) is 66.1 cm³/mol. The highest BCUT2D eigenvalue weighted by Crippen LogP contribution is 2.27. The summed E-state index contributed by atoms with van der Waals surface area (Å²) in [6.07, 6.45) is 4.64. The largest absolute Gasteiger partial charge is 0.478 e. The van der Waals surface area contributed by atoms with Gasteiger partial charge >= 0.3 is 5.97 Å². The Bertz CT molecular complexity index is 547. The molecule has 1 aliphatic rings. The lowest BCUT2D eigenvalue weighted by molar-refractivity contribution is 0.0695. The number of hydrogen-bond donors (Lipinski definition) is 1. The summed E-state index contributed by atoms with van der Waals surface area (Å²) in [5.41, 5.74) is 0.107. The van der Waals surface area contributed by atoms with Crippen molar-refractivity contribution in [3.8, 4) is 0 Å². The lowest BCUT2D eigenvalue weighted by atomic mass is 10.2. The summed E-state index contributed by atoms with van der Waals surface area (Å²) in [6, 6.07) is 2.88. The second-order valence-electron chi connectivity index (χ2n) is 4.52. The fourth-order valence-corrected chi connectivity index (χ4v) is 4.20. The highest BCUT2D eigenvalue weighted by atomic mass is 32.2. The predicted octanol–water partition coefficient (Wildman–Crippen LogP) is 1.64. The van der Waals surface area contributed by atoms with E-state index in [-0.39, 0.29) is 22.3 Å². The maximum absolute atomic E-state index is 12.1. The highest BCUT2D eigenvalue weighted by molar-refractivity contribution is 7.91. The molecule has 0 bridgehead atoms. The molecule has 2 rings (SSSR count). The number of carboxylic acids is 1. The first-order chi connectivity index (χ1) is 8.50. The Morgan fingerprint density at radius 1 is 1.39 bits per heavy atom. The Hall–Kier alpha value is -1.43. The second-order valence-corrected chi connectivity index (χ2v) is 6.80. The highest BCUT2D eigenvalue weighted by Gasteiger charge is 2.30. The zero-order chi connectivity index (χ0) is 13.2. The summed E-state index contributed by atoms with van der Waals surface area (Å²) in [6.45, 7) is 0. The van der Waals surface area contributed by atoms with Gasteiger partial charge in [-0.2, -0.15) is 0 Å². The SMILES string of the molecule is O=C(O)c1cccnc1CS(=O)(=O)C1CCCC1. The molecule has 0 spiro atoms. The van der Waals surface area contributed by atoms with Crippen LogP contribution < -0.4 is 0 Å². The van der Waals surface area contributed by atoms with Crippen molar-refractivity contribution in [3.63, 3.8) is 0 Å². The van der Waals surface area contributed by atoms with Crippen molar-refractivity contribution < 1.29 is 18.3 Å². The van der Waals surface area contributed by atoms with Crippen molar-refractivity contribution in [2.45, 2.75) is 36.7 Å². The van der Waals surface area contributed by atoms with Gasteiger partial charge in [0.25, 0.3) is 0 Å². The van der Waals surface area contributed by atoms with E-state index in [2.05, 4.69) is 4.98 Å². The Labute approximate surface area is 106 Å². The lowest BCUT2D eigenvalue weighted by Crippen LogP contribution is -2.21. The molecule has 98 valence electrons. The average molecular weight is 269 g/mol. The van der Waals surface area contributed by atoms with Crippen molar-refractivity contribution in [3.05, 3.63) is 29.6 Å². The van der Waals surface area contributed by atoms with Gasteiger partial charge in [0.1, 0.15) is 0 Å². The van der Waals surface area contributed by atoms with Crippen LogP contribution in [-0.4, -0.2) is 29.7 Å². The van der Waals surface area contributed by atoms with E-state index in [1.807, 2.05) is 0 Å². The summed E-state index contributed by atoms with van der Waals surface area (Å²) in [4.78, 5) is 14.9. The summed E-state index contributed by atoms with van der Waals surface area (Å²) in [5.74, 6) is -1.42. The number of nitrogens with zero attached hydrogens (tertiary/aromatic N) is 1. The van der Waals surface area contributed by atoms with Crippen molar-refractivity contribution >= 4 is 15.8 Å². The normalized spacial score (nSPS) is 16.9. The fourth-order valence-electron chi connectivity index (χ4n) is 2.30. The van der Waals surface area contributed by atoms with Crippen LogP contribution in [0.15, 0.2) is 18.3 Å². The molecule has 1 heterocycles. The number of sulfone groups is 1. The van der Waals surface area contributed by atoms with Gasteiger partial charge in [-0.15, -0.1) is 0 Å². The topological polar surface area (TPSA) is 84.3 Å². The molecule has 0 unspecified atom stereocenters. The van der Waals surface area contributed by atoms with Crippen molar-refractivity contribution in [2.24, 2.45) is 0 Å². The number of carbonyl (C=O) groups is 1. The Morgan fingerprint density at radius 2 is 2.06 bits per heavy atom. The van der Waals surface area contributed by atoms with E-state index >= 15 is 0 Å². The molecule has 1 saturated carbocycles. The average Bonchev–Trinajstić information content (AvgIpc) is 2.83. The Balaban J connectivity index is 2.26. The maximum atomic E-state index is 12.1. The van der Waals surface area contributed by atoms with Gasteiger partial charge in [-0.1, -0.05) is 12.8 Å². The van der Waals surface area contributed by atoms with Crippen LogP contribution in [0.4, 0.5) is 0 Å². The second kappa shape index (κ2) is 5.06. The summed E-state index contributed by atoms with van der Waals surface area (Å²) < 4.78 is 24.3. The van der Waals surface area contributed by atoms with Crippen LogP contribution in [-0.2, 0) is 15.6 Å². The van der Waals surface area contributed by atoms with E-state index in [0.717, 1.165) is 12.8 Å². The van der Waals surface area contributed by atoms with Gasteiger partial charge in [-0.05, 0) is 25.0 Å². The summed E-state index contributed by atoms with van der Waals surface area (Å²) in [5, 5.41) is 8.66. The van der Waals surface area contributed by atoms with Crippen molar-refractivity contribution in [1.82, 2.24) is 4.98 Å². The molecule has 0 aromatic carbocycles. The number of rotatable bonds is 4. The third-order valence-electron chi connectivity index (χ3n) is 3.27. The quantitative estimate of drug-likeness (QED) is 0.898. The fraction of sp³-hybridized carbons (Fsp3) is 0.500.